The first-order valence-corrected chi connectivity index (χ1v) is 36.2. The smallest absolute Gasteiger partial charge is 0.272 e. The van der Waals surface area contributed by atoms with Crippen molar-refractivity contribution < 1.29 is 23.5 Å². The van der Waals surface area contributed by atoms with E-state index in [-0.39, 0.29) is 35.6 Å². The summed E-state index contributed by atoms with van der Waals surface area (Å²) in [6.07, 6.45) is 24.2. The van der Waals surface area contributed by atoms with E-state index in [9.17, 15) is 18.8 Å². The van der Waals surface area contributed by atoms with Crippen LogP contribution >= 0.6 is 58.0 Å². The van der Waals surface area contributed by atoms with Crippen molar-refractivity contribution >= 4 is 111 Å². The monoisotopic (exact) mass is 1450 g/mol. The van der Waals surface area contributed by atoms with Gasteiger partial charge in [-0.15, -0.1) is 0 Å². The van der Waals surface area contributed by atoms with E-state index in [1.54, 1.807) is 71.3 Å². The van der Waals surface area contributed by atoms with Crippen molar-refractivity contribution in [2.45, 2.75) is 122 Å². The number of ether oxygens (including phenoxy) is 1. The standard InChI is InChI=1S/C30H28Cl2N4O2.C29H25Cl2FN4O.C21H24ClN3O/c1-19(26-9-5-6-16-33-26)34-30(37)28-24-8-4-3-7-21(17-20-10-13-23(38-2)14-11-20)29(24)36(35-28)27-15-12-22(31)18-25(27)32;1-18(25-8-4-5-15-33-25)34-29(37)27-23-7-3-2-6-20(16-19-9-12-22(32)13-10-19)28(23)36(35-27)26-14-11-21(30)17-24(26)31;22-17-10-8-15(9-11-17)14-16-6-2-3-7-18-19(16)23-24-20(18)21(26)25-12-4-1-5-13-25/h5-6,9-19H,3-4,7-8H2,1-2H3,(H,34,37);4-5,8-18H,2-3,6-7H2,1H3,(H,34,37);8-11,14H,1-7,12-13H2,(H,23,24)/b21-17+;20-16+;16-14+. The van der Waals surface area contributed by atoms with Gasteiger partial charge in [0.1, 0.15) is 17.3 Å². The number of allylic oxidation sites excluding steroid dienone is 3. The highest BCUT2D eigenvalue weighted by atomic mass is 35.5. The highest BCUT2D eigenvalue weighted by molar-refractivity contribution is 6.36. The molecular weight excluding hydrogens is 1380 g/mol. The van der Waals surface area contributed by atoms with Crippen LogP contribution in [0.2, 0.25) is 25.1 Å². The second-order valence-corrected chi connectivity index (χ2v) is 27.7. The maximum atomic E-state index is 13.6. The first kappa shape index (κ1) is 71.7. The van der Waals surface area contributed by atoms with E-state index < -0.39 is 0 Å². The number of nitrogens with one attached hydrogen (secondary N) is 3. The third-order valence-corrected chi connectivity index (χ3v) is 19.8. The molecule has 0 bridgehead atoms. The van der Waals surface area contributed by atoms with Crippen LogP contribution in [0.5, 0.6) is 5.75 Å². The van der Waals surface area contributed by atoms with Crippen molar-refractivity contribution in [1.29, 1.82) is 0 Å². The molecule has 518 valence electrons. The molecule has 15 nitrogen and oxygen atoms in total. The number of carbonyl (C=O) groups is 3. The number of halogens is 6. The number of H-pyrrole nitrogens is 1. The van der Waals surface area contributed by atoms with E-state index in [2.05, 4.69) is 43.0 Å². The molecule has 101 heavy (non-hydrogen) atoms. The number of rotatable bonds is 13. The van der Waals surface area contributed by atoms with Crippen molar-refractivity contribution in [1.82, 2.24) is 55.3 Å². The summed E-state index contributed by atoms with van der Waals surface area (Å²) < 4.78 is 22.4. The van der Waals surface area contributed by atoms with Crippen LogP contribution in [0.25, 0.3) is 46.3 Å². The fourth-order valence-electron chi connectivity index (χ4n) is 13.4. The van der Waals surface area contributed by atoms with Gasteiger partial charge in [0.15, 0.2) is 11.4 Å². The number of carbonyl (C=O) groups excluding carboxylic acids is 3. The molecule has 0 spiro atoms. The molecule has 3 N–H and O–H groups in total. The zero-order chi connectivity index (χ0) is 70.5. The Morgan fingerprint density at radius 3 is 1.42 bits per heavy atom. The molecule has 1 fully saturated rings. The Bertz CT molecular complexity index is 4680. The van der Waals surface area contributed by atoms with Gasteiger partial charge < -0.3 is 20.3 Å². The van der Waals surface area contributed by atoms with Crippen LogP contribution in [-0.4, -0.2) is 82.5 Å². The average molecular weight is 1450 g/mol. The number of nitrogens with zero attached hydrogens (tertiary/aromatic N) is 8. The van der Waals surface area contributed by atoms with Gasteiger partial charge in [0.2, 0.25) is 0 Å². The fourth-order valence-corrected chi connectivity index (χ4v) is 14.5. The maximum Gasteiger partial charge on any atom is 0.272 e. The minimum absolute atomic E-state index is 0.117. The number of fused-ring (bicyclic) bond motifs is 3. The molecule has 5 aromatic carbocycles. The highest BCUT2D eigenvalue weighted by Crippen LogP contribution is 2.40. The first-order valence-electron chi connectivity index (χ1n) is 34.3. The lowest BCUT2D eigenvalue weighted by Gasteiger charge is -2.26. The Labute approximate surface area is 612 Å². The zero-order valence-electron chi connectivity index (χ0n) is 56.4. The van der Waals surface area contributed by atoms with Gasteiger partial charge in [-0.1, -0.05) is 107 Å². The lowest BCUT2D eigenvalue weighted by molar-refractivity contribution is 0.0716. The maximum absolute atomic E-state index is 13.6. The molecular formula is C80H77Cl5FN11O4. The number of hydrogen-bond acceptors (Lipinski definition) is 9. The lowest BCUT2D eigenvalue weighted by Crippen LogP contribution is -2.36. The number of aromatic nitrogens is 8. The van der Waals surface area contributed by atoms with E-state index in [1.165, 1.54) is 24.1 Å². The van der Waals surface area contributed by atoms with E-state index in [1.807, 2.05) is 116 Å². The molecule has 1 saturated heterocycles. The molecule has 2 atom stereocenters. The molecule has 0 radical (unpaired) electrons. The van der Waals surface area contributed by atoms with Crippen molar-refractivity contribution in [3.63, 3.8) is 0 Å². The van der Waals surface area contributed by atoms with E-state index >= 15 is 0 Å². The van der Waals surface area contributed by atoms with E-state index in [4.69, 9.17) is 72.9 Å². The molecule has 2 unspecified atom stereocenters. The molecule has 21 heteroatoms. The number of methoxy groups -OCH3 is 1. The van der Waals surface area contributed by atoms with Gasteiger partial charge in [0, 0.05) is 57.2 Å². The lowest BCUT2D eigenvalue weighted by atomic mass is 10.0. The van der Waals surface area contributed by atoms with Gasteiger partial charge in [0.05, 0.1) is 69.1 Å². The largest absolute Gasteiger partial charge is 0.497 e. The summed E-state index contributed by atoms with van der Waals surface area (Å²) in [6.45, 7) is 5.53. The average Bonchev–Trinajstić information content (AvgIpc) is 1.62. The van der Waals surface area contributed by atoms with Crippen LogP contribution in [0, 0.1) is 5.82 Å². The van der Waals surface area contributed by atoms with Crippen molar-refractivity contribution in [3.05, 3.63) is 268 Å². The Morgan fingerprint density at radius 1 is 0.515 bits per heavy atom. The van der Waals surface area contributed by atoms with Crippen LogP contribution in [-0.2, 0) is 19.3 Å². The van der Waals surface area contributed by atoms with Crippen LogP contribution in [0.15, 0.2) is 158 Å². The third kappa shape index (κ3) is 17.4. The van der Waals surface area contributed by atoms with Gasteiger partial charge in [0.25, 0.3) is 17.7 Å². The minimum atomic E-state index is -0.298. The summed E-state index contributed by atoms with van der Waals surface area (Å²) in [6, 6.07) is 43.4. The first-order chi connectivity index (χ1) is 49.1. The van der Waals surface area contributed by atoms with Crippen LogP contribution in [0.3, 0.4) is 0 Å². The number of pyridine rings is 2. The van der Waals surface area contributed by atoms with Gasteiger partial charge in [-0.2, -0.15) is 15.3 Å². The molecule has 1 aliphatic heterocycles. The summed E-state index contributed by atoms with van der Waals surface area (Å²) in [5.41, 5.74) is 16.2. The van der Waals surface area contributed by atoms with Crippen LogP contribution in [0.1, 0.15) is 196 Å². The number of amides is 3. The van der Waals surface area contributed by atoms with Crippen LogP contribution < -0.4 is 15.4 Å². The highest BCUT2D eigenvalue weighted by Gasteiger charge is 2.32. The number of hydrogen-bond donors (Lipinski definition) is 3. The Hall–Kier alpha value is -9.16. The van der Waals surface area contributed by atoms with Gasteiger partial charge in [-0.3, -0.25) is 29.5 Å². The summed E-state index contributed by atoms with van der Waals surface area (Å²) in [5, 5.41) is 26.1. The van der Waals surface area contributed by atoms with Gasteiger partial charge >= 0.3 is 0 Å². The normalized spacial score (nSPS) is 16.2. The van der Waals surface area contributed by atoms with Crippen molar-refractivity contribution in [3.8, 4) is 17.1 Å². The molecule has 6 heterocycles. The van der Waals surface area contributed by atoms with Gasteiger partial charge in [-0.25, -0.2) is 13.8 Å². The minimum Gasteiger partial charge on any atom is -0.497 e. The number of piperidine rings is 1. The quantitative estimate of drug-likeness (QED) is 0.0948. The summed E-state index contributed by atoms with van der Waals surface area (Å²) in [7, 11) is 1.65. The predicted molar refractivity (Wildman–Crippen MR) is 403 cm³/mol. The second-order valence-electron chi connectivity index (χ2n) is 25.6. The van der Waals surface area contributed by atoms with Crippen molar-refractivity contribution in [2.24, 2.45) is 0 Å². The molecule has 14 rings (SSSR count). The Balaban J connectivity index is 0.000000146. The molecule has 3 aliphatic carbocycles. The Kier molecular flexibility index (Phi) is 23.8. The van der Waals surface area contributed by atoms with E-state index in [0.29, 0.717) is 55.0 Å². The summed E-state index contributed by atoms with van der Waals surface area (Å²) in [5.74, 6) is 0.108. The molecule has 10 aromatic rings. The zero-order valence-corrected chi connectivity index (χ0v) is 60.2. The van der Waals surface area contributed by atoms with Gasteiger partial charge in [-0.05, 0) is 259 Å². The third-order valence-electron chi connectivity index (χ3n) is 18.5. The fraction of sp³-hybridized carbons (Fsp3) is 0.275. The molecule has 4 aliphatic rings. The summed E-state index contributed by atoms with van der Waals surface area (Å²) in [4.78, 5) is 50.9. The number of likely N-dealkylation sites (tertiary alicyclic amines) is 1. The molecule has 0 saturated carbocycles. The van der Waals surface area contributed by atoms with E-state index in [0.717, 1.165) is 180 Å². The topological polar surface area (TPSA) is 178 Å². The SMILES string of the molecule is CC(NC(=O)c1nn(-c2ccc(Cl)cc2Cl)c2c1CCCC/C2=C\c1ccc(F)cc1)c1ccccn1.COc1ccc(/C=C2\CCCCc3c(C(=O)NC(C)c4ccccn4)nn(-c4ccc(Cl)cc4Cl)c32)cc1.O=C(c1[nH]nc2c1CCCC/C2=C\c1ccc(Cl)cc1)N1CCCCC1. The predicted octanol–water partition coefficient (Wildman–Crippen LogP) is 19.8. The van der Waals surface area contributed by atoms with Crippen molar-refractivity contribution in [2.75, 3.05) is 20.2 Å². The molecule has 3 amide bonds. The number of aromatic amines is 1. The molecule has 5 aromatic heterocycles. The summed E-state index contributed by atoms with van der Waals surface area (Å²) >= 11 is 31.6. The Morgan fingerprint density at radius 2 is 0.950 bits per heavy atom. The van der Waals surface area contributed by atoms with Crippen LogP contribution in [0.4, 0.5) is 4.39 Å². The number of benzene rings is 5. The second kappa shape index (κ2) is 33.5.